The summed E-state index contributed by atoms with van der Waals surface area (Å²) in [4.78, 5) is 16.5. The predicted molar refractivity (Wildman–Crippen MR) is 83.6 cm³/mol. The Bertz CT molecular complexity index is 799. The summed E-state index contributed by atoms with van der Waals surface area (Å²) in [5.41, 5.74) is 1.75. The van der Waals surface area contributed by atoms with E-state index in [-0.39, 0.29) is 23.5 Å². The van der Waals surface area contributed by atoms with E-state index in [1.807, 2.05) is 25.1 Å². The average molecular weight is 310 g/mol. The van der Waals surface area contributed by atoms with Gasteiger partial charge in [-0.05, 0) is 49.4 Å². The molecule has 3 rings (SSSR count). The monoisotopic (exact) mass is 310 g/mol. The molecule has 6 heteroatoms. The maximum Gasteiger partial charge on any atom is 0.272 e. The molecule has 2 heterocycles. The summed E-state index contributed by atoms with van der Waals surface area (Å²) in [5, 5.41) is 7.07. The number of benzene rings is 1. The molecule has 1 atom stereocenters. The Morgan fingerprint density at radius 2 is 1.96 bits per heavy atom. The smallest absolute Gasteiger partial charge is 0.272 e. The van der Waals surface area contributed by atoms with Gasteiger partial charge in [0.25, 0.3) is 5.91 Å². The lowest BCUT2D eigenvalue weighted by atomic mass is 10.2. The molecule has 5 nitrogen and oxygen atoms in total. The summed E-state index contributed by atoms with van der Waals surface area (Å²) in [6.07, 6.45) is 3.34. The van der Waals surface area contributed by atoms with E-state index in [0.717, 1.165) is 5.69 Å². The summed E-state index contributed by atoms with van der Waals surface area (Å²) >= 11 is 0. The van der Waals surface area contributed by atoms with Gasteiger partial charge in [-0.15, -0.1) is 0 Å². The van der Waals surface area contributed by atoms with Crippen LogP contribution in [0.4, 0.5) is 4.39 Å². The van der Waals surface area contributed by atoms with Gasteiger partial charge in [0.15, 0.2) is 5.69 Å². The summed E-state index contributed by atoms with van der Waals surface area (Å²) < 4.78 is 14.5. The van der Waals surface area contributed by atoms with Crippen LogP contribution in [0.5, 0.6) is 0 Å². The number of amides is 1. The number of aromatic nitrogens is 3. The van der Waals surface area contributed by atoms with Gasteiger partial charge in [-0.1, -0.05) is 6.07 Å². The standard InChI is InChI=1S/C17H15FN4O/c1-12(15-4-2-3-10-19-15)20-17(23)16-9-11-22(21-16)14-7-5-13(18)6-8-14/h2-12H,1H3,(H,20,23). The minimum Gasteiger partial charge on any atom is -0.343 e. The van der Waals surface area contributed by atoms with E-state index in [4.69, 9.17) is 0 Å². The number of nitrogens with zero attached hydrogens (tertiary/aromatic N) is 3. The van der Waals surface area contributed by atoms with E-state index in [1.165, 1.54) is 16.8 Å². The van der Waals surface area contributed by atoms with Crippen molar-refractivity contribution in [2.45, 2.75) is 13.0 Å². The highest BCUT2D eigenvalue weighted by Gasteiger charge is 2.14. The quantitative estimate of drug-likeness (QED) is 0.806. The van der Waals surface area contributed by atoms with Crippen LogP contribution in [0, 0.1) is 5.82 Å². The zero-order chi connectivity index (χ0) is 16.2. The Morgan fingerprint density at radius 1 is 1.17 bits per heavy atom. The number of halogens is 1. The fraction of sp³-hybridized carbons (Fsp3) is 0.118. The number of hydrogen-bond acceptors (Lipinski definition) is 3. The maximum atomic E-state index is 12.9. The normalized spacial score (nSPS) is 11.9. The Hall–Kier alpha value is -3.02. The van der Waals surface area contributed by atoms with Gasteiger partial charge in [0.1, 0.15) is 5.82 Å². The van der Waals surface area contributed by atoms with Gasteiger partial charge in [-0.25, -0.2) is 9.07 Å². The molecule has 1 N–H and O–H groups in total. The molecule has 0 saturated heterocycles. The van der Waals surface area contributed by atoms with E-state index >= 15 is 0 Å². The lowest BCUT2D eigenvalue weighted by molar-refractivity contribution is 0.0933. The van der Waals surface area contributed by atoms with Gasteiger partial charge in [-0.2, -0.15) is 5.10 Å². The van der Waals surface area contributed by atoms with Gasteiger partial charge < -0.3 is 5.32 Å². The lowest BCUT2D eigenvalue weighted by Crippen LogP contribution is -2.27. The first-order valence-corrected chi connectivity index (χ1v) is 7.17. The molecule has 0 aliphatic heterocycles. The number of pyridine rings is 1. The number of hydrogen-bond donors (Lipinski definition) is 1. The third kappa shape index (κ3) is 3.42. The second-order valence-electron chi connectivity index (χ2n) is 5.07. The van der Waals surface area contributed by atoms with Crippen LogP contribution in [0.15, 0.2) is 60.9 Å². The van der Waals surface area contributed by atoms with Crippen molar-refractivity contribution in [2.75, 3.05) is 0 Å². The van der Waals surface area contributed by atoms with Gasteiger partial charge >= 0.3 is 0 Å². The molecule has 1 aromatic carbocycles. The fourth-order valence-electron chi connectivity index (χ4n) is 2.16. The Kier molecular flexibility index (Phi) is 4.14. The van der Waals surface area contributed by atoms with E-state index in [2.05, 4.69) is 15.4 Å². The van der Waals surface area contributed by atoms with Crippen LogP contribution in [0.1, 0.15) is 29.1 Å². The van der Waals surface area contributed by atoms with Gasteiger partial charge in [0.2, 0.25) is 0 Å². The molecule has 0 spiro atoms. The van der Waals surface area contributed by atoms with E-state index in [9.17, 15) is 9.18 Å². The summed E-state index contributed by atoms with van der Waals surface area (Å²) in [6.45, 7) is 1.86. The van der Waals surface area contributed by atoms with Crippen molar-refractivity contribution in [3.63, 3.8) is 0 Å². The van der Waals surface area contributed by atoms with Crippen molar-refractivity contribution in [1.29, 1.82) is 0 Å². The average Bonchev–Trinajstić information content (AvgIpc) is 3.06. The SMILES string of the molecule is CC(NC(=O)c1ccn(-c2ccc(F)cc2)n1)c1ccccn1. The summed E-state index contributed by atoms with van der Waals surface area (Å²) in [6, 6.07) is 12.8. The molecule has 0 radical (unpaired) electrons. The minimum atomic E-state index is -0.317. The highest BCUT2D eigenvalue weighted by atomic mass is 19.1. The number of rotatable bonds is 4. The van der Waals surface area contributed by atoms with Crippen molar-refractivity contribution in [2.24, 2.45) is 0 Å². The molecule has 1 amide bonds. The maximum absolute atomic E-state index is 12.9. The Morgan fingerprint density at radius 3 is 2.65 bits per heavy atom. The van der Waals surface area contributed by atoms with Crippen LogP contribution >= 0.6 is 0 Å². The highest BCUT2D eigenvalue weighted by molar-refractivity contribution is 5.92. The minimum absolute atomic E-state index is 0.223. The molecule has 23 heavy (non-hydrogen) atoms. The second-order valence-corrected chi connectivity index (χ2v) is 5.07. The van der Waals surface area contributed by atoms with Crippen LogP contribution in [0.2, 0.25) is 0 Å². The Balaban J connectivity index is 1.72. The third-order valence-corrected chi connectivity index (χ3v) is 3.39. The molecule has 1 unspecified atom stereocenters. The molecule has 0 aliphatic rings. The predicted octanol–water partition coefficient (Wildman–Crippen LogP) is 2.90. The largest absolute Gasteiger partial charge is 0.343 e. The van der Waals surface area contributed by atoms with Crippen molar-refractivity contribution >= 4 is 5.91 Å². The number of carbonyl (C=O) groups excluding carboxylic acids is 1. The number of nitrogens with one attached hydrogen (secondary N) is 1. The molecule has 116 valence electrons. The molecule has 0 fully saturated rings. The van der Waals surface area contributed by atoms with E-state index < -0.39 is 0 Å². The molecule has 0 saturated carbocycles. The molecule has 0 aliphatic carbocycles. The molecular formula is C17H15FN4O. The van der Waals surface area contributed by atoms with Crippen LogP contribution in [-0.2, 0) is 0 Å². The van der Waals surface area contributed by atoms with Crippen LogP contribution in [-0.4, -0.2) is 20.7 Å². The topological polar surface area (TPSA) is 59.8 Å². The van der Waals surface area contributed by atoms with Crippen molar-refractivity contribution in [1.82, 2.24) is 20.1 Å². The zero-order valence-electron chi connectivity index (χ0n) is 12.5. The Labute approximate surface area is 132 Å². The van der Waals surface area contributed by atoms with E-state index in [1.54, 1.807) is 30.6 Å². The first kappa shape index (κ1) is 14.9. The van der Waals surface area contributed by atoms with E-state index in [0.29, 0.717) is 5.69 Å². The van der Waals surface area contributed by atoms with Crippen LogP contribution in [0.3, 0.4) is 0 Å². The molecule has 3 aromatic rings. The highest BCUT2D eigenvalue weighted by Crippen LogP contribution is 2.11. The van der Waals surface area contributed by atoms with Crippen molar-refractivity contribution in [3.05, 3.63) is 78.1 Å². The molecular weight excluding hydrogens is 295 g/mol. The van der Waals surface area contributed by atoms with Crippen LogP contribution in [0.25, 0.3) is 5.69 Å². The summed E-state index contributed by atoms with van der Waals surface area (Å²) in [7, 11) is 0. The van der Waals surface area contributed by atoms with Crippen molar-refractivity contribution in [3.8, 4) is 5.69 Å². The van der Waals surface area contributed by atoms with Gasteiger partial charge in [-0.3, -0.25) is 9.78 Å². The first-order valence-electron chi connectivity index (χ1n) is 7.17. The second kappa shape index (κ2) is 6.39. The molecule has 0 bridgehead atoms. The fourth-order valence-corrected chi connectivity index (χ4v) is 2.16. The zero-order valence-corrected chi connectivity index (χ0v) is 12.5. The van der Waals surface area contributed by atoms with Crippen LogP contribution < -0.4 is 5.32 Å². The van der Waals surface area contributed by atoms with Gasteiger partial charge in [0, 0.05) is 12.4 Å². The molecule has 2 aromatic heterocycles. The summed E-state index contributed by atoms with van der Waals surface area (Å²) in [5.74, 6) is -0.605. The lowest BCUT2D eigenvalue weighted by Gasteiger charge is -2.12. The van der Waals surface area contributed by atoms with Crippen molar-refractivity contribution < 1.29 is 9.18 Å². The van der Waals surface area contributed by atoms with Gasteiger partial charge in [0.05, 0.1) is 17.4 Å². The number of carbonyl (C=O) groups is 1. The third-order valence-electron chi connectivity index (χ3n) is 3.39. The first-order chi connectivity index (χ1) is 11.1.